The van der Waals surface area contributed by atoms with Gasteiger partial charge in [-0.3, -0.25) is 9.59 Å². The lowest BCUT2D eigenvalue weighted by Crippen LogP contribution is -2.33. The number of nitrogens with zero attached hydrogens (tertiary/aromatic N) is 1. The van der Waals surface area contributed by atoms with Gasteiger partial charge in [0.2, 0.25) is 0 Å². The molecule has 0 atom stereocenters. The summed E-state index contributed by atoms with van der Waals surface area (Å²) in [6, 6.07) is 28.7. The lowest BCUT2D eigenvalue weighted by molar-refractivity contribution is -0.148. The molecular weight excluding hydrogens is 494 g/mol. The SMILES string of the molecule is CCOC(=O)C(C)(C)c1ccc(C(=O)CCN2CCC(=C(c3ccccc3)c3ccccc3)CC2)cc1.Cl. The molecule has 0 spiro atoms. The van der Waals surface area contributed by atoms with E-state index < -0.39 is 5.41 Å². The summed E-state index contributed by atoms with van der Waals surface area (Å²) in [5.41, 5.74) is 6.17. The Bertz CT molecular complexity index is 1180. The molecule has 0 aliphatic carbocycles. The first-order chi connectivity index (χ1) is 17.9. The van der Waals surface area contributed by atoms with E-state index in [1.807, 2.05) is 38.1 Å². The van der Waals surface area contributed by atoms with E-state index >= 15 is 0 Å². The predicted octanol–water partition coefficient (Wildman–Crippen LogP) is 7.12. The highest BCUT2D eigenvalue weighted by atomic mass is 35.5. The van der Waals surface area contributed by atoms with Gasteiger partial charge in [0.25, 0.3) is 0 Å². The summed E-state index contributed by atoms with van der Waals surface area (Å²) in [6.07, 6.45) is 2.50. The maximum absolute atomic E-state index is 12.9. The van der Waals surface area contributed by atoms with Gasteiger partial charge in [-0.05, 0) is 55.9 Å². The fourth-order valence-corrected chi connectivity index (χ4v) is 4.99. The van der Waals surface area contributed by atoms with Crippen molar-refractivity contribution in [3.8, 4) is 0 Å². The molecule has 4 nitrogen and oxygen atoms in total. The number of likely N-dealkylation sites (tertiary alicyclic amines) is 1. The van der Waals surface area contributed by atoms with Crippen molar-refractivity contribution in [2.75, 3.05) is 26.2 Å². The van der Waals surface area contributed by atoms with Crippen LogP contribution in [0.15, 0.2) is 90.5 Å². The molecule has 0 saturated carbocycles. The maximum atomic E-state index is 12.9. The van der Waals surface area contributed by atoms with Crippen LogP contribution in [0, 0.1) is 0 Å². The van der Waals surface area contributed by atoms with Gasteiger partial charge in [0.15, 0.2) is 5.78 Å². The molecule has 3 aromatic rings. The van der Waals surface area contributed by atoms with Crippen LogP contribution in [0.4, 0.5) is 0 Å². The first-order valence-electron chi connectivity index (χ1n) is 13.3. The van der Waals surface area contributed by atoms with Crippen molar-refractivity contribution >= 4 is 29.7 Å². The Morgan fingerprint density at radius 2 is 1.32 bits per heavy atom. The molecule has 0 bridgehead atoms. The summed E-state index contributed by atoms with van der Waals surface area (Å²) in [7, 11) is 0. The highest BCUT2D eigenvalue weighted by Gasteiger charge is 2.31. The van der Waals surface area contributed by atoms with Crippen LogP contribution in [0.25, 0.3) is 5.57 Å². The molecule has 1 aliphatic rings. The van der Waals surface area contributed by atoms with Crippen molar-refractivity contribution < 1.29 is 14.3 Å². The normalized spacial score (nSPS) is 13.9. The monoisotopic (exact) mass is 531 g/mol. The number of hydrogen-bond donors (Lipinski definition) is 0. The van der Waals surface area contributed by atoms with E-state index in [1.165, 1.54) is 22.3 Å². The van der Waals surface area contributed by atoms with Gasteiger partial charge in [0.1, 0.15) is 0 Å². The predicted molar refractivity (Wildman–Crippen MR) is 157 cm³/mol. The van der Waals surface area contributed by atoms with Crippen LogP contribution in [-0.4, -0.2) is 42.9 Å². The van der Waals surface area contributed by atoms with Crippen molar-refractivity contribution in [2.24, 2.45) is 0 Å². The number of rotatable bonds is 9. The molecule has 1 saturated heterocycles. The molecule has 200 valence electrons. The molecule has 0 aromatic heterocycles. The highest BCUT2D eigenvalue weighted by molar-refractivity contribution is 5.96. The van der Waals surface area contributed by atoms with E-state index in [9.17, 15) is 9.59 Å². The van der Waals surface area contributed by atoms with Gasteiger partial charge < -0.3 is 9.64 Å². The number of halogens is 1. The second-order valence-electron chi connectivity index (χ2n) is 10.1. The van der Waals surface area contributed by atoms with Gasteiger partial charge in [-0.1, -0.05) is 90.5 Å². The number of esters is 1. The lowest BCUT2D eigenvalue weighted by Gasteiger charge is -2.30. The molecule has 3 aromatic carbocycles. The van der Waals surface area contributed by atoms with Gasteiger partial charge in [-0.15, -0.1) is 12.4 Å². The molecule has 0 N–H and O–H groups in total. The van der Waals surface area contributed by atoms with Crippen molar-refractivity contribution in [3.05, 3.63) is 113 Å². The van der Waals surface area contributed by atoms with E-state index in [-0.39, 0.29) is 24.2 Å². The fraction of sp³-hybridized carbons (Fsp3) is 0.333. The minimum atomic E-state index is -0.741. The number of benzene rings is 3. The fourth-order valence-electron chi connectivity index (χ4n) is 4.99. The summed E-state index contributed by atoms with van der Waals surface area (Å²) in [4.78, 5) is 27.6. The average Bonchev–Trinajstić information content (AvgIpc) is 2.94. The zero-order chi connectivity index (χ0) is 26.3. The third-order valence-electron chi connectivity index (χ3n) is 7.31. The Labute approximate surface area is 233 Å². The molecule has 0 unspecified atom stereocenters. The largest absolute Gasteiger partial charge is 0.465 e. The second kappa shape index (κ2) is 13.5. The number of carbonyl (C=O) groups is 2. The Hall–Kier alpha value is -3.21. The Kier molecular flexibility index (Phi) is 10.5. The van der Waals surface area contributed by atoms with Crippen molar-refractivity contribution in [3.63, 3.8) is 0 Å². The smallest absolute Gasteiger partial charge is 0.315 e. The number of Topliss-reactive ketones (excluding diaryl/α,β-unsaturated/α-hetero) is 1. The summed E-state index contributed by atoms with van der Waals surface area (Å²) in [5, 5.41) is 0. The standard InChI is InChI=1S/C33H37NO3.ClH/c1-4-37-32(36)33(2,3)29-17-15-25(16-18-29)30(35)21-24-34-22-19-28(20-23-34)31(26-11-7-5-8-12-26)27-13-9-6-10-14-27;/h5-18H,4,19-24H2,1-3H3;1H. The average molecular weight is 532 g/mol. The van der Waals surface area contributed by atoms with Crippen LogP contribution in [0.1, 0.15) is 67.1 Å². The first-order valence-corrected chi connectivity index (χ1v) is 13.3. The molecule has 0 radical (unpaired) electrons. The van der Waals surface area contributed by atoms with Gasteiger partial charge in [0, 0.05) is 31.6 Å². The molecular formula is C33H38ClNO3. The Balaban J connectivity index is 0.00000400. The van der Waals surface area contributed by atoms with E-state index in [2.05, 4.69) is 65.6 Å². The first kappa shape index (κ1) is 29.3. The molecule has 1 heterocycles. The highest BCUT2D eigenvalue weighted by Crippen LogP contribution is 2.32. The molecule has 0 amide bonds. The number of hydrogen-bond acceptors (Lipinski definition) is 4. The number of carbonyl (C=O) groups excluding carboxylic acids is 2. The van der Waals surface area contributed by atoms with Crippen LogP contribution >= 0.6 is 12.4 Å². The number of ketones is 1. The van der Waals surface area contributed by atoms with Crippen LogP contribution in [0.3, 0.4) is 0 Å². The Morgan fingerprint density at radius 1 is 0.789 bits per heavy atom. The zero-order valence-electron chi connectivity index (χ0n) is 22.6. The van der Waals surface area contributed by atoms with Crippen LogP contribution in [-0.2, 0) is 14.9 Å². The van der Waals surface area contributed by atoms with E-state index in [0.717, 1.165) is 38.0 Å². The summed E-state index contributed by atoms with van der Waals surface area (Å²) in [6.45, 7) is 8.53. The number of ether oxygens (including phenoxy) is 1. The van der Waals surface area contributed by atoms with Gasteiger partial charge in [-0.25, -0.2) is 0 Å². The third-order valence-corrected chi connectivity index (χ3v) is 7.31. The van der Waals surface area contributed by atoms with E-state index in [1.54, 1.807) is 6.92 Å². The summed E-state index contributed by atoms with van der Waals surface area (Å²) >= 11 is 0. The molecule has 4 rings (SSSR count). The minimum absolute atomic E-state index is 0. The quantitative estimate of drug-likeness (QED) is 0.218. The third kappa shape index (κ3) is 7.00. The van der Waals surface area contributed by atoms with Crippen LogP contribution in [0.5, 0.6) is 0 Å². The summed E-state index contributed by atoms with van der Waals surface area (Å²) < 4.78 is 5.20. The minimum Gasteiger partial charge on any atom is -0.465 e. The topological polar surface area (TPSA) is 46.6 Å². The van der Waals surface area contributed by atoms with Crippen LogP contribution in [0.2, 0.25) is 0 Å². The van der Waals surface area contributed by atoms with Gasteiger partial charge in [-0.2, -0.15) is 0 Å². The number of piperidine rings is 1. The maximum Gasteiger partial charge on any atom is 0.315 e. The zero-order valence-corrected chi connectivity index (χ0v) is 23.4. The summed E-state index contributed by atoms with van der Waals surface area (Å²) in [5.74, 6) is -0.119. The van der Waals surface area contributed by atoms with Crippen molar-refractivity contribution in [1.82, 2.24) is 4.90 Å². The Morgan fingerprint density at radius 3 is 1.82 bits per heavy atom. The van der Waals surface area contributed by atoms with Gasteiger partial charge >= 0.3 is 5.97 Å². The van der Waals surface area contributed by atoms with Gasteiger partial charge in [0.05, 0.1) is 12.0 Å². The molecule has 38 heavy (non-hydrogen) atoms. The molecule has 1 aliphatic heterocycles. The lowest BCUT2D eigenvalue weighted by atomic mass is 9.84. The van der Waals surface area contributed by atoms with Crippen LogP contribution < -0.4 is 0 Å². The second-order valence-corrected chi connectivity index (χ2v) is 10.1. The van der Waals surface area contributed by atoms with E-state index in [0.29, 0.717) is 18.6 Å². The van der Waals surface area contributed by atoms with E-state index in [4.69, 9.17) is 4.74 Å². The molecule has 1 fully saturated rings. The molecule has 5 heteroatoms. The van der Waals surface area contributed by atoms with Crippen molar-refractivity contribution in [2.45, 2.75) is 45.4 Å². The van der Waals surface area contributed by atoms with Crippen molar-refractivity contribution in [1.29, 1.82) is 0 Å².